The van der Waals surface area contributed by atoms with Gasteiger partial charge in [0.25, 0.3) is 0 Å². The van der Waals surface area contributed by atoms with Gasteiger partial charge in [-0.05, 0) is 38.5 Å². The SMILES string of the molecule is CCCCCCCCCC/C=C\CCCCCCCCCCCCCC(=O)OC(CO)COC(=O)CCCCCCCCCCCCCCCC. The van der Waals surface area contributed by atoms with Crippen molar-refractivity contribution < 1.29 is 24.2 Å². The van der Waals surface area contributed by atoms with E-state index in [0.29, 0.717) is 12.8 Å². The van der Waals surface area contributed by atoms with Crippen LogP contribution >= 0.6 is 0 Å². The van der Waals surface area contributed by atoms with Crippen LogP contribution in [0.4, 0.5) is 0 Å². The Labute approximate surface area is 318 Å². The number of aliphatic hydroxyl groups excluding tert-OH is 1. The van der Waals surface area contributed by atoms with Gasteiger partial charge in [0.05, 0.1) is 6.61 Å². The molecule has 0 aromatic carbocycles. The van der Waals surface area contributed by atoms with Gasteiger partial charge in [-0.15, -0.1) is 0 Å². The molecule has 0 saturated carbocycles. The van der Waals surface area contributed by atoms with Crippen molar-refractivity contribution in [3.05, 3.63) is 12.2 Å². The van der Waals surface area contributed by atoms with Gasteiger partial charge in [-0.25, -0.2) is 0 Å². The molecule has 1 unspecified atom stereocenters. The van der Waals surface area contributed by atoms with Crippen LogP contribution in [0.5, 0.6) is 0 Å². The van der Waals surface area contributed by atoms with Crippen LogP contribution in [0.25, 0.3) is 0 Å². The number of carbonyl (C=O) groups is 2. The molecule has 0 amide bonds. The average Bonchev–Trinajstić information content (AvgIpc) is 3.13. The van der Waals surface area contributed by atoms with Crippen molar-refractivity contribution in [2.75, 3.05) is 13.2 Å². The van der Waals surface area contributed by atoms with E-state index < -0.39 is 6.10 Å². The van der Waals surface area contributed by atoms with Crippen LogP contribution in [0.3, 0.4) is 0 Å². The number of esters is 2. The van der Waals surface area contributed by atoms with E-state index >= 15 is 0 Å². The first-order valence-corrected chi connectivity index (χ1v) is 22.7. The summed E-state index contributed by atoms with van der Waals surface area (Å²) in [6.07, 6.45) is 50.0. The smallest absolute Gasteiger partial charge is 0.306 e. The van der Waals surface area contributed by atoms with Crippen LogP contribution in [0.1, 0.15) is 251 Å². The van der Waals surface area contributed by atoms with Crippen molar-refractivity contribution in [2.24, 2.45) is 0 Å². The Morgan fingerprint density at radius 2 is 0.725 bits per heavy atom. The minimum absolute atomic E-state index is 0.0594. The Kier molecular flexibility index (Phi) is 41.9. The molecule has 0 aromatic rings. The molecule has 0 aliphatic carbocycles. The Balaban J connectivity index is 3.46. The molecule has 0 radical (unpaired) electrons. The Morgan fingerprint density at radius 1 is 0.431 bits per heavy atom. The fourth-order valence-electron chi connectivity index (χ4n) is 6.85. The third-order valence-corrected chi connectivity index (χ3v) is 10.3. The lowest BCUT2D eigenvalue weighted by Crippen LogP contribution is -2.28. The molecule has 0 fully saturated rings. The molecule has 0 rings (SSSR count). The van der Waals surface area contributed by atoms with E-state index in [9.17, 15) is 14.7 Å². The highest BCUT2D eigenvalue weighted by Gasteiger charge is 2.16. The molecule has 5 nitrogen and oxygen atoms in total. The normalized spacial score (nSPS) is 12.1. The molecule has 0 spiro atoms. The summed E-state index contributed by atoms with van der Waals surface area (Å²) in [7, 11) is 0. The second-order valence-corrected chi connectivity index (χ2v) is 15.5. The van der Waals surface area contributed by atoms with Gasteiger partial charge >= 0.3 is 11.9 Å². The highest BCUT2D eigenvalue weighted by Crippen LogP contribution is 2.16. The summed E-state index contributed by atoms with van der Waals surface area (Å²) in [6, 6.07) is 0. The van der Waals surface area contributed by atoms with Gasteiger partial charge in [-0.1, -0.05) is 212 Å². The largest absolute Gasteiger partial charge is 0.462 e. The summed E-state index contributed by atoms with van der Waals surface area (Å²) in [5.41, 5.74) is 0. The minimum Gasteiger partial charge on any atom is -0.462 e. The summed E-state index contributed by atoms with van der Waals surface area (Å²) < 4.78 is 10.6. The van der Waals surface area contributed by atoms with E-state index in [0.717, 1.165) is 32.1 Å². The first kappa shape index (κ1) is 49.6. The van der Waals surface area contributed by atoms with Gasteiger partial charge in [0, 0.05) is 12.8 Å². The number of carbonyl (C=O) groups excluding carboxylic acids is 2. The van der Waals surface area contributed by atoms with Crippen LogP contribution in [0.2, 0.25) is 0 Å². The topological polar surface area (TPSA) is 72.8 Å². The lowest BCUT2D eigenvalue weighted by Gasteiger charge is -2.15. The number of allylic oxidation sites excluding steroid dienone is 2. The summed E-state index contributed by atoms with van der Waals surface area (Å²) in [5, 5.41) is 9.58. The van der Waals surface area contributed by atoms with Crippen molar-refractivity contribution in [3.8, 4) is 0 Å². The highest BCUT2D eigenvalue weighted by molar-refractivity contribution is 5.70. The summed E-state index contributed by atoms with van der Waals surface area (Å²) in [4.78, 5) is 24.3. The third-order valence-electron chi connectivity index (χ3n) is 10.3. The van der Waals surface area contributed by atoms with Gasteiger partial charge in [0.1, 0.15) is 6.61 Å². The standard InChI is InChI=1S/C46H88O5/c1-3-5-7-9-11-13-15-17-19-20-21-22-23-24-25-26-27-29-31-33-35-37-39-41-46(49)51-44(42-47)43-50-45(48)40-38-36-34-32-30-28-18-16-14-12-10-8-6-4-2/h20-21,44,47H,3-19,22-43H2,1-2H3/b21-20-. The zero-order valence-electron chi connectivity index (χ0n) is 34.4. The second kappa shape index (κ2) is 43.0. The predicted molar refractivity (Wildman–Crippen MR) is 219 cm³/mol. The molecule has 0 aliphatic rings. The maximum Gasteiger partial charge on any atom is 0.306 e. The van der Waals surface area contributed by atoms with Crippen LogP contribution in [0.15, 0.2) is 12.2 Å². The molecule has 0 aromatic heterocycles. The molecule has 0 heterocycles. The highest BCUT2D eigenvalue weighted by atomic mass is 16.6. The van der Waals surface area contributed by atoms with E-state index in [4.69, 9.17) is 9.47 Å². The monoisotopic (exact) mass is 721 g/mol. The van der Waals surface area contributed by atoms with Crippen LogP contribution in [-0.2, 0) is 19.1 Å². The number of rotatable bonds is 42. The van der Waals surface area contributed by atoms with E-state index in [-0.39, 0.29) is 25.2 Å². The van der Waals surface area contributed by atoms with E-state index in [1.807, 2.05) is 0 Å². The first-order valence-electron chi connectivity index (χ1n) is 22.7. The molecular weight excluding hydrogens is 633 g/mol. The number of ether oxygens (including phenoxy) is 2. The lowest BCUT2D eigenvalue weighted by atomic mass is 10.0. The number of hydrogen-bond donors (Lipinski definition) is 1. The maximum absolute atomic E-state index is 12.2. The maximum atomic E-state index is 12.2. The minimum atomic E-state index is -0.765. The van der Waals surface area contributed by atoms with Crippen LogP contribution < -0.4 is 0 Å². The summed E-state index contributed by atoms with van der Waals surface area (Å²) in [6.45, 7) is 4.17. The number of hydrogen-bond acceptors (Lipinski definition) is 5. The van der Waals surface area contributed by atoms with Gasteiger partial charge in [0.15, 0.2) is 6.10 Å². The average molecular weight is 721 g/mol. The van der Waals surface area contributed by atoms with E-state index in [1.165, 1.54) is 193 Å². The number of unbranched alkanes of at least 4 members (excludes halogenated alkanes) is 32. The molecule has 302 valence electrons. The van der Waals surface area contributed by atoms with E-state index in [2.05, 4.69) is 26.0 Å². The van der Waals surface area contributed by atoms with Crippen molar-refractivity contribution in [1.29, 1.82) is 0 Å². The van der Waals surface area contributed by atoms with Crippen molar-refractivity contribution >= 4 is 11.9 Å². The zero-order chi connectivity index (χ0) is 37.1. The molecule has 1 atom stereocenters. The van der Waals surface area contributed by atoms with Crippen LogP contribution in [-0.4, -0.2) is 36.4 Å². The quantitative estimate of drug-likeness (QED) is 0.0386. The number of aliphatic hydroxyl groups is 1. The van der Waals surface area contributed by atoms with E-state index in [1.54, 1.807) is 0 Å². The summed E-state index contributed by atoms with van der Waals surface area (Å²) in [5.74, 6) is -0.577. The fourth-order valence-corrected chi connectivity index (χ4v) is 6.85. The molecule has 51 heavy (non-hydrogen) atoms. The van der Waals surface area contributed by atoms with Crippen molar-refractivity contribution in [3.63, 3.8) is 0 Å². The van der Waals surface area contributed by atoms with Crippen molar-refractivity contribution in [2.45, 2.75) is 258 Å². The Morgan fingerprint density at radius 3 is 1.06 bits per heavy atom. The third kappa shape index (κ3) is 41.3. The molecular formula is C46H88O5. The van der Waals surface area contributed by atoms with Gasteiger partial charge in [-0.3, -0.25) is 9.59 Å². The molecule has 0 saturated heterocycles. The van der Waals surface area contributed by atoms with Crippen LogP contribution in [0, 0.1) is 0 Å². The van der Waals surface area contributed by atoms with Gasteiger partial charge in [-0.2, -0.15) is 0 Å². The predicted octanol–water partition coefficient (Wildman–Crippen LogP) is 14.5. The fraction of sp³-hybridized carbons (Fsp3) is 0.913. The Bertz CT molecular complexity index is 735. The molecule has 1 N–H and O–H groups in total. The van der Waals surface area contributed by atoms with Gasteiger partial charge < -0.3 is 14.6 Å². The molecule has 0 aliphatic heterocycles. The molecule has 5 heteroatoms. The van der Waals surface area contributed by atoms with Crippen molar-refractivity contribution in [1.82, 2.24) is 0 Å². The lowest BCUT2D eigenvalue weighted by molar-refractivity contribution is -0.161. The first-order chi connectivity index (χ1) is 25.1. The second-order valence-electron chi connectivity index (χ2n) is 15.5. The Hall–Kier alpha value is -1.36. The summed E-state index contributed by atoms with van der Waals surface area (Å²) >= 11 is 0. The zero-order valence-corrected chi connectivity index (χ0v) is 34.4. The van der Waals surface area contributed by atoms with Gasteiger partial charge in [0.2, 0.25) is 0 Å². The molecule has 0 bridgehead atoms.